The van der Waals surface area contributed by atoms with E-state index in [1.54, 1.807) is 11.7 Å². The Hall–Kier alpha value is -3.05. The Labute approximate surface area is 209 Å². The summed E-state index contributed by atoms with van der Waals surface area (Å²) in [5.74, 6) is -2.28. The summed E-state index contributed by atoms with van der Waals surface area (Å²) in [6, 6.07) is 5.89. The maximum Gasteiger partial charge on any atom is 0.247 e. The van der Waals surface area contributed by atoms with E-state index in [1.807, 2.05) is 45.0 Å². The number of carbonyl (C=O) groups excluding carboxylic acids is 3. The van der Waals surface area contributed by atoms with Crippen LogP contribution in [0.1, 0.15) is 40.0 Å². The average molecular weight is 499 g/mol. The van der Waals surface area contributed by atoms with Crippen molar-refractivity contribution in [2.45, 2.75) is 70.0 Å². The summed E-state index contributed by atoms with van der Waals surface area (Å²) < 4.78 is 8.13. The minimum absolute atomic E-state index is 0.0583. The summed E-state index contributed by atoms with van der Waals surface area (Å²) in [7, 11) is 1.55. The van der Waals surface area contributed by atoms with Crippen LogP contribution in [0.3, 0.4) is 0 Å². The maximum atomic E-state index is 14.0. The van der Waals surface area contributed by atoms with Crippen LogP contribution in [0.4, 0.5) is 0 Å². The van der Waals surface area contributed by atoms with Gasteiger partial charge in [-0.1, -0.05) is 31.2 Å². The summed E-state index contributed by atoms with van der Waals surface area (Å²) in [5.41, 5.74) is -0.493. The molecule has 3 N–H and O–H groups in total. The molecule has 2 aromatic rings. The van der Waals surface area contributed by atoms with Gasteiger partial charge < -0.3 is 25.4 Å². The lowest BCUT2D eigenvalue weighted by molar-refractivity contribution is -0.150. The van der Waals surface area contributed by atoms with Crippen molar-refractivity contribution < 1.29 is 24.2 Å². The second kappa shape index (κ2) is 8.81. The van der Waals surface area contributed by atoms with Gasteiger partial charge in [-0.3, -0.25) is 14.4 Å². The van der Waals surface area contributed by atoms with Crippen molar-refractivity contribution in [2.75, 3.05) is 13.7 Å². The number of rotatable bonds is 8. The summed E-state index contributed by atoms with van der Waals surface area (Å²) >= 11 is 0. The van der Waals surface area contributed by atoms with E-state index in [4.69, 9.17) is 4.74 Å². The topological polar surface area (TPSA) is 139 Å². The molecule has 4 heterocycles. The van der Waals surface area contributed by atoms with Crippen molar-refractivity contribution in [3.63, 3.8) is 0 Å². The van der Waals surface area contributed by atoms with Gasteiger partial charge in [0.05, 0.1) is 35.6 Å². The minimum Gasteiger partial charge on any atom is -0.394 e. The third-order valence-corrected chi connectivity index (χ3v) is 8.16. The number of carbonyl (C=O) groups is 3. The van der Waals surface area contributed by atoms with E-state index in [9.17, 15) is 19.5 Å². The summed E-state index contributed by atoms with van der Waals surface area (Å²) in [5, 5.41) is 24.2. The molecule has 3 amide bonds. The van der Waals surface area contributed by atoms with Crippen molar-refractivity contribution in [3.05, 3.63) is 24.3 Å². The molecule has 3 aliphatic rings. The average Bonchev–Trinajstić information content (AvgIpc) is 3.56. The Kier molecular flexibility index (Phi) is 6.03. The number of fused-ring (bicyclic) bond motifs is 2. The number of nitrogens with one attached hydrogen (secondary N) is 2. The quantitative estimate of drug-likeness (QED) is 0.480. The first-order chi connectivity index (χ1) is 17.2. The Bertz CT molecular complexity index is 1200. The highest BCUT2D eigenvalue weighted by Crippen LogP contribution is 2.63. The van der Waals surface area contributed by atoms with Crippen molar-refractivity contribution in [1.82, 2.24) is 30.5 Å². The van der Waals surface area contributed by atoms with Gasteiger partial charge in [-0.15, -0.1) is 5.10 Å². The molecule has 36 heavy (non-hydrogen) atoms. The smallest absolute Gasteiger partial charge is 0.247 e. The third kappa shape index (κ3) is 3.51. The number of likely N-dealkylation sites (tertiary alicyclic amines) is 1. The highest BCUT2D eigenvalue weighted by atomic mass is 16.5. The molecule has 11 heteroatoms. The van der Waals surface area contributed by atoms with Crippen LogP contribution < -0.4 is 10.6 Å². The fraction of sp³-hybridized carbons (Fsp3) is 0.640. The molecule has 6 atom stereocenters. The zero-order valence-corrected chi connectivity index (χ0v) is 21.1. The molecule has 5 rings (SSSR count). The molecule has 2 unspecified atom stereocenters. The number of amides is 3. The van der Waals surface area contributed by atoms with E-state index < -0.39 is 41.0 Å². The number of para-hydroxylation sites is 1. The number of hydrogen-bond donors (Lipinski definition) is 3. The summed E-state index contributed by atoms with van der Waals surface area (Å²) in [6.07, 6.45) is 1.56. The largest absolute Gasteiger partial charge is 0.394 e. The van der Waals surface area contributed by atoms with Gasteiger partial charge in [0.15, 0.2) is 0 Å². The number of benzene rings is 1. The van der Waals surface area contributed by atoms with Gasteiger partial charge >= 0.3 is 0 Å². The number of aliphatic hydroxyl groups is 1. The van der Waals surface area contributed by atoms with Crippen LogP contribution in [-0.2, 0) is 25.8 Å². The Morgan fingerprint density at radius 3 is 2.69 bits per heavy atom. The number of aliphatic hydroxyl groups excluding tert-OH is 1. The molecular formula is C25H34N6O5. The second-order valence-corrected chi connectivity index (χ2v) is 10.8. The normalized spacial score (nSPS) is 31.8. The molecule has 0 saturated carbocycles. The van der Waals surface area contributed by atoms with Gasteiger partial charge in [-0.25, -0.2) is 4.68 Å². The Balaban J connectivity index is 1.51. The van der Waals surface area contributed by atoms with Crippen LogP contribution in [0.5, 0.6) is 0 Å². The fourth-order valence-electron chi connectivity index (χ4n) is 6.72. The molecule has 0 aliphatic carbocycles. The van der Waals surface area contributed by atoms with Gasteiger partial charge in [0.2, 0.25) is 17.7 Å². The van der Waals surface area contributed by atoms with Gasteiger partial charge in [-0.2, -0.15) is 0 Å². The zero-order valence-electron chi connectivity index (χ0n) is 21.1. The first kappa shape index (κ1) is 24.6. The summed E-state index contributed by atoms with van der Waals surface area (Å²) in [4.78, 5) is 42.4. The van der Waals surface area contributed by atoms with Gasteiger partial charge in [0, 0.05) is 7.05 Å². The molecule has 3 saturated heterocycles. The van der Waals surface area contributed by atoms with E-state index in [-0.39, 0.29) is 31.0 Å². The predicted molar refractivity (Wildman–Crippen MR) is 129 cm³/mol. The van der Waals surface area contributed by atoms with E-state index in [0.717, 1.165) is 5.52 Å². The molecule has 11 nitrogen and oxygen atoms in total. The van der Waals surface area contributed by atoms with Crippen LogP contribution in [0.25, 0.3) is 11.0 Å². The lowest BCUT2D eigenvalue weighted by Gasteiger charge is -2.37. The van der Waals surface area contributed by atoms with Crippen LogP contribution in [0, 0.1) is 17.8 Å². The number of aromatic nitrogens is 3. The lowest BCUT2D eigenvalue weighted by Crippen LogP contribution is -2.58. The molecular weight excluding hydrogens is 464 g/mol. The van der Waals surface area contributed by atoms with Gasteiger partial charge in [0.25, 0.3) is 0 Å². The molecule has 3 aliphatic heterocycles. The number of nitrogens with zero attached hydrogens (tertiary/aromatic N) is 4. The monoisotopic (exact) mass is 498 g/mol. The van der Waals surface area contributed by atoms with Crippen LogP contribution in [-0.4, -0.2) is 79.7 Å². The molecule has 194 valence electrons. The van der Waals surface area contributed by atoms with E-state index in [0.29, 0.717) is 24.8 Å². The van der Waals surface area contributed by atoms with E-state index in [1.165, 1.54) is 4.90 Å². The standard InChI is InChI=1S/C25H34N6O5/c1-14(2)11-15(12-32)31-20(22(34)27-13-30-17-8-6-5-7-16(17)28-29-30)25-10-9-24(3,36-25)18(21(33)26-4)19(25)23(31)35/h5-8,14-15,18-20,32H,9-13H2,1-4H3,(H,26,33)(H,27,34)/t15-,18-,19+,20?,24+,25?/m1/s1. The van der Waals surface area contributed by atoms with Crippen molar-refractivity contribution in [1.29, 1.82) is 0 Å². The van der Waals surface area contributed by atoms with Crippen molar-refractivity contribution in [2.24, 2.45) is 17.8 Å². The lowest BCUT2D eigenvalue weighted by atomic mass is 9.66. The Morgan fingerprint density at radius 2 is 2.00 bits per heavy atom. The molecule has 3 fully saturated rings. The van der Waals surface area contributed by atoms with Gasteiger partial charge in [0.1, 0.15) is 23.8 Å². The number of hydrogen-bond acceptors (Lipinski definition) is 7. The molecule has 1 spiro atoms. The minimum atomic E-state index is -1.14. The molecule has 1 aromatic carbocycles. The summed E-state index contributed by atoms with van der Waals surface area (Å²) in [6.45, 7) is 5.63. The highest BCUT2D eigenvalue weighted by Gasteiger charge is 2.78. The second-order valence-electron chi connectivity index (χ2n) is 10.8. The first-order valence-electron chi connectivity index (χ1n) is 12.6. The highest BCUT2D eigenvalue weighted by molar-refractivity contribution is 5.99. The fourth-order valence-corrected chi connectivity index (χ4v) is 6.72. The van der Waals surface area contributed by atoms with Crippen LogP contribution in [0.2, 0.25) is 0 Å². The van der Waals surface area contributed by atoms with E-state index >= 15 is 0 Å². The third-order valence-electron chi connectivity index (χ3n) is 8.16. The molecule has 1 aromatic heterocycles. The molecule has 2 bridgehead atoms. The maximum absolute atomic E-state index is 14.0. The number of ether oxygens (including phenoxy) is 1. The van der Waals surface area contributed by atoms with E-state index in [2.05, 4.69) is 20.9 Å². The molecule has 0 radical (unpaired) electrons. The van der Waals surface area contributed by atoms with Crippen molar-refractivity contribution >= 4 is 28.8 Å². The Morgan fingerprint density at radius 1 is 1.25 bits per heavy atom. The van der Waals surface area contributed by atoms with Crippen LogP contribution in [0.15, 0.2) is 24.3 Å². The van der Waals surface area contributed by atoms with Crippen LogP contribution >= 0.6 is 0 Å². The van der Waals surface area contributed by atoms with Gasteiger partial charge in [-0.05, 0) is 44.2 Å². The van der Waals surface area contributed by atoms with Crippen molar-refractivity contribution in [3.8, 4) is 0 Å². The predicted octanol–water partition coefficient (Wildman–Crippen LogP) is 0.423. The zero-order chi connectivity index (χ0) is 25.8. The first-order valence-corrected chi connectivity index (χ1v) is 12.6. The SMILES string of the molecule is CNC(=O)[C@H]1[C@H]2C(=O)N([C@@H](CO)CC(C)C)C(C(=O)NCn3nnc4ccccc43)C23CC[C@]1(C)O3.